The molecule has 21 heavy (non-hydrogen) atoms. The molecule has 112 valence electrons. The minimum atomic E-state index is -0.383. The van der Waals surface area contributed by atoms with Crippen molar-refractivity contribution in [1.82, 2.24) is 10.3 Å². The molecule has 0 atom stereocenters. The molecule has 0 aliphatic heterocycles. The highest BCUT2D eigenvalue weighted by molar-refractivity contribution is 5.77. The number of carbonyl (C=O) groups is 1. The zero-order valence-corrected chi connectivity index (χ0v) is 12.2. The van der Waals surface area contributed by atoms with Crippen LogP contribution in [0, 0.1) is 19.7 Å². The fourth-order valence-corrected chi connectivity index (χ4v) is 2.13. The first-order chi connectivity index (χ1) is 10.0. The number of aromatic amines is 1. The molecule has 0 aliphatic carbocycles. The minimum Gasteiger partial charge on any atom is -0.484 e. The maximum Gasteiger partial charge on any atom is 0.257 e. The van der Waals surface area contributed by atoms with E-state index in [4.69, 9.17) is 4.74 Å². The Balaban J connectivity index is 1.71. The lowest BCUT2D eigenvalue weighted by atomic mass is 10.2. The second-order valence-corrected chi connectivity index (χ2v) is 4.95. The predicted octanol–water partition coefficient (Wildman–Crippen LogP) is 2.51. The van der Waals surface area contributed by atoms with Crippen molar-refractivity contribution in [3.05, 3.63) is 53.1 Å². The van der Waals surface area contributed by atoms with Crippen LogP contribution in [0.15, 0.2) is 30.3 Å². The lowest BCUT2D eigenvalue weighted by molar-refractivity contribution is -0.123. The zero-order chi connectivity index (χ0) is 15.2. The third kappa shape index (κ3) is 4.63. The molecular weight excluding hydrogens is 271 g/mol. The molecule has 5 heteroatoms. The van der Waals surface area contributed by atoms with E-state index in [0.29, 0.717) is 12.3 Å². The highest BCUT2D eigenvalue weighted by Crippen LogP contribution is 2.11. The summed E-state index contributed by atoms with van der Waals surface area (Å²) in [6.07, 6.45) is 0.766. The molecule has 0 fully saturated rings. The number of ether oxygens (including phenoxy) is 1. The fraction of sp³-hybridized carbons (Fsp3) is 0.312. The van der Waals surface area contributed by atoms with Gasteiger partial charge >= 0.3 is 0 Å². The second-order valence-electron chi connectivity index (χ2n) is 4.95. The zero-order valence-electron chi connectivity index (χ0n) is 12.2. The first-order valence-electron chi connectivity index (χ1n) is 6.85. The van der Waals surface area contributed by atoms with Gasteiger partial charge in [0.05, 0.1) is 0 Å². The third-order valence-corrected chi connectivity index (χ3v) is 3.14. The van der Waals surface area contributed by atoms with Crippen molar-refractivity contribution in [2.45, 2.75) is 20.3 Å². The van der Waals surface area contributed by atoms with Crippen LogP contribution in [-0.4, -0.2) is 24.0 Å². The highest BCUT2D eigenvalue weighted by atomic mass is 19.1. The number of rotatable bonds is 6. The van der Waals surface area contributed by atoms with Gasteiger partial charge in [-0.2, -0.15) is 0 Å². The van der Waals surface area contributed by atoms with Crippen molar-refractivity contribution in [2.75, 3.05) is 13.2 Å². The number of carbonyl (C=O) groups excluding carboxylic acids is 1. The molecule has 1 heterocycles. The average molecular weight is 290 g/mol. The summed E-state index contributed by atoms with van der Waals surface area (Å²) in [6, 6.07) is 7.81. The van der Waals surface area contributed by atoms with Crippen LogP contribution < -0.4 is 10.1 Å². The molecule has 0 aliphatic rings. The minimum absolute atomic E-state index is 0.116. The van der Waals surface area contributed by atoms with E-state index >= 15 is 0 Å². The van der Waals surface area contributed by atoms with Gasteiger partial charge in [0.1, 0.15) is 11.6 Å². The van der Waals surface area contributed by atoms with E-state index < -0.39 is 0 Å². The van der Waals surface area contributed by atoms with E-state index in [0.717, 1.165) is 17.8 Å². The molecule has 2 aromatic rings. The largest absolute Gasteiger partial charge is 0.484 e. The summed E-state index contributed by atoms with van der Waals surface area (Å²) in [7, 11) is 0. The lowest BCUT2D eigenvalue weighted by Crippen LogP contribution is -2.30. The Hall–Kier alpha value is -2.30. The second kappa shape index (κ2) is 6.92. The monoisotopic (exact) mass is 290 g/mol. The fourth-order valence-electron chi connectivity index (χ4n) is 2.13. The van der Waals surface area contributed by atoms with Gasteiger partial charge in [-0.3, -0.25) is 4.79 Å². The number of amides is 1. The van der Waals surface area contributed by atoms with Crippen molar-refractivity contribution >= 4 is 5.91 Å². The Morgan fingerprint density at radius 1 is 1.33 bits per heavy atom. The molecule has 1 amide bonds. The molecule has 0 unspecified atom stereocenters. The van der Waals surface area contributed by atoms with Crippen LogP contribution in [0.5, 0.6) is 5.75 Å². The van der Waals surface area contributed by atoms with E-state index in [9.17, 15) is 9.18 Å². The Labute approximate surface area is 123 Å². The summed E-state index contributed by atoms with van der Waals surface area (Å²) in [5, 5.41) is 2.78. The number of halogens is 1. The molecule has 0 saturated heterocycles. The summed E-state index contributed by atoms with van der Waals surface area (Å²) in [6.45, 7) is 4.44. The topological polar surface area (TPSA) is 54.1 Å². The van der Waals surface area contributed by atoms with Gasteiger partial charge in [-0.1, -0.05) is 6.07 Å². The van der Waals surface area contributed by atoms with Crippen LogP contribution >= 0.6 is 0 Å². The Bertz CT molecular complexity index is 622. The van der Waals surface area contributed by atoms with Gasteiger partial charge < -0.3 is 15.0 Å². The first kappa shape index (κ1) is 15.1. The molecule has 4 nitrogen and oxygen atoms in total. The maximum atomic E-state index is 12.9. The highest BCUT2D eigenvalue weighted by Gasteiger charge is 2.05. The maximum absolute atomic E-state index is 12.9. The average Bonchev–Trinajstić information content (AvgIpc) is 2.75. The standard InChI is InChI=1S/C16H19FN2O2/c1-11-8-13(12(2)19-11)6-7-18-16(20)10-21-15-5-3-4-14(17)9-15/h3-5,8-9,19H,6-7,10H2,1-2H3,(H,18,20). The van der Waals surface area contributed by atoms with Gasteiger partial charge in [0.2, 0.25) is 0 Å². The van der Waals surface area contributed by atoms with E-state index in [2.05, 4.69) is 16.4 Å². The van der Waals surface area contributed by atoms with Crippen LogP contribution in [-0.2, 0) is 11.2 Å². The van der Waals surface area contributed by atoms with Gasteiger partial charge in [-0.15, -0.1) is 0 Å². The van der Waals surface area contributed by atoms with E-state index in [1.807, 2.05) is 13.8 Å². The van der Waals surface area contributed by atoms with Crippen molar-refractivity contribution < 1.29 is 13.9 Å². The van der Waals surface area contributed by atoms with Crippen LogP contribution in [0.3, 0.4) is 0 Å². The molecule has 0 radical (unpaired) electrons. The predicted molar refractivity (Wildman–Crippen MR) is 78.9 cm³/mol. The van der Waals surface area contributed by atoms with Crippen molar-refractivity contribution in [3.63, 3.8) is 0 Å². The Kier molecular flexibility index (Phi) is 4.98. The van der Waals surface area contributed by atoms with Crippen molar-refractivity contribution in [1.29, 1.82) is 0 Å². The summed E-state index contributed by atoms with van der Waals surface area (Å²) in [4.78, 5) is 14.9. The number of hydrogen-bond donors (Lipinski definition) is 2. The molecule has 0 saturated carbocycles. The number of hydrogen-bond acceptors (Lipinski definition) is 2. The molecule has 2 rings (SSSR count). The molecule has 1 aromatic heterocycles. The van der Waals surface area contributed by atoms with Crippen LogP contribution in [0.1, 0.15) is 17.0 Å². The summed E-state index contributed by atoms with van der Waals surface area (Å²) >= 11 is 0. The van der Waals surface area contributed by atoms with Gasteiger partial charge in [-0.25, -0.2) is 4.39 Å². The number of nitrogens with one attached hydrogen (secondary N) is 2. The van der Waals surface area contributed by atoms with Crippen LogP contribution in [0.2, 0.25) is 0 Å². The van der Waals surface area contributed by atoms with Gasteiger partial charge in [0, 0.05) is 24.0 Å². The van der Waals surface area contributed by atoms with Crippen molar-refractivity contribution in [2.24, 2.45) is 0 Å². The van der Waals surface area contributed by atoms with Crippen LogP contribution in [0.4, 0.5) is 4.39 Å². The molecule has 1 aromatic carbocycles. The number of aromatic nitrogens is 1. The smallest absolute Gasteiger partial charge is 0.257 e. The molecule has 0 bridgehead atoms. The Morgan fingerprint density at radius 3 is 2.81 bits per heavy atom. The van der Waals surface area contributed by atoms with Gasteiger partial charge in [-0.05, 0) is 44.0 Å². The first-order valence-corrected chi connectivity index (χ1v) is 6.85. The number of aryl methyl sites for hydroxylation is 2. The lowest BCUT2D eigenvalue weighted by Gasteiger charge is -2.07. The van der Waals surface area contributed by atoms with E-state index in [1.165, 1.54) is 17.7 Å². The SMILES string of the molecule is Cc1cc(CCNC(=O)COc2cccc(F)c2)c(C)[nH]1. The normalized spacial score (nSPS) is 10.4. The van der Waals surface area contributed by atoms with Crippen LogP contribution in [0.25, 0.3) is 0 Å². The van der Waals surface area contributed by atoms with E-state index in [1.54, 1.807) is 12.1 Å². The van der Waals surface area contributed by atoms with Gasteiger partial charge in [0.15, 0.2) is 6.61 Å². The van der Waals surface area contributed by atoms with Gasteiger partial charge in [0.25, 0.3) is 5.91 Å². The number of H-pyrrole nitrogens is 1. The Morgan fingerprint density at radius 2 is 2.14 bits per heavy atom. The van der Waals surface area contributed by atoms with E-state index in [-0.39, 0.29) is 18.3 Å². The number of benzene rings is 1. The third-order valence-electron chi connectivity index (χ3n) is 3.14. The molecule has 2 N–H and O–H groups in total. The molecular formula is C16H19FN2O2. The summed E-state index contributed by atoms with van der Waals surface area (Å²) < 4.78 is 18.2. The summed E-state index contributed by atoms with van der Waals surface area (Å²) in [5.41, 5.74) is 3.43. The summed E-state index contributed by atoms with van der Waals surface area (Å²) in [5.74, 6) is -0.252. The quantitative estimate of drug-likeness (QED) is 0.859. The van der Waals surface area contributed by atoms with Crippen molar-refractivity contribution in [3.8, 4) is 5.75 Å². The molecule has 0 spiro atoms.